The minimum Gasteiger partial charge on any atom is -0.390 e. The molecule has 3 nitrogen and oxygen atoms in total. The second kappa shape index (κ2) is 3.41. The van der Waals surface area contributed by atoms with Crippen molar-refractivity contribution in [3.8, 4) is 0 Å². The molecule has 1 aromatic heterocycles. The summed E-state index contributed by atoms with van der Waals surface area (Å²) in [6.45, 7) is 2.45. The highest BCUT2D eigenvalue weighted by molar-refractivity contribution is 9.11. The van der Waals surface area contributed by atoms with Crippen molar-refractivity contribution in [2.24, 2.45) is 0 Å². The summed E-state index contributed by atoms with van der Waals surface area (Å²) in [7, 11) is 0. The molecule has 1 aliphatic heterocycles. The fourth-order valence-corrected chi connectivity index (χ4v) is 2.57. The standard InChI is InChI=1S/C7H9BrN2OS/c8-6-1-9-7(12-6)4-10-2-5(11)3-10/h1,5,11H,2-4H2. The van der Waals surface area contributed by atoms with Crippen LogP contribution in [0.4, 0.5) is 0 Å². The molecule has 1 N–H and O–H groups in total. The molecule has 1 aliphatic rings. The number of likely N-dealkylation sites (tertiary alicyclic amines) is 1. The lowest BCUT2D eigenvalue weighted by molar-refractivity contribution is -0.00289. The van der Waals surface area contributed by atoms with Gasteiger partial charge in [-0.15, -0.1) is 11.3 Å². The normalized spacial score (nSPS) is 19.5. The number of nitrogens with zero attached hydrogens (tertiary/aromatic N) is 2. The van der Waals surface area contributed by atoms with Crippen LogP contribution in [0, 0.1) is 0 Å². The van der Waals surface area contributed by atoms with Gasteiger partial charge in [0.25, 0.3) is 0 Å². The minimum absolute atomic E-state index is 0.117. The van der Waals surface area contributed by atoms with Crippen LogP contribution in [0.3, 0.4) is 0 Å². The number of rotatable bonds is 2. The molecular weight excluding hydrogens is 240 g/mol. The van der Waals surface area contributed by atoms with E-state index in [0.29, 0.717) is 0 Å². The molecule has 0 bridgehead atoms. The number of aliphatic hydroxyl groups excluding tert-OH is 1. The molecule has 0 unspecified atom stereocenters. The molecule has 0 amide bonds. The van der Waals surface area contributed by atoms with Gasteiger partial charge in [0.1, 0.15) is 5.01 Å². The molecule has 1 saturated heterocycles. The van der Waals surface area contributed by atoms with Crippen LogP contribution in [0.15, 0.2) is 9.98 Å². The van der Waals surface area contributed by atoms with E-state index in [9.17, 15) is 0 Å². The lowest BCUT2D eigenvalue weighted by atomic mass is 10.2. The van der Waals surface area contributed by atoms with E-state index in [1.54, 1.807) is 11.3 Å². The van der Waals surface area contributed by atoms with Crippen LogP contribution in [-0.2, 0) is 6.54 Å². The highest BCUT2D eigenvalue weighted by Gasteiger charge is 2.24. The molecule has 1 aromatic rings. The minimum atomic E-state index is -0.117. The van der Waals surface area contributed by atoms with Gasteiger partial charge in [0.15, 0.2) is 0 Å². The Kier molecular flexibility index (Phi) is 2.45. The molecule has 0 atom stereocenters. The van der Waals surface area contributed by atoms with E-state index in [2.05, 4.69) is 25.8 Å². The van der Waals surface area contributed by atoms with Crippen LogP contribution < -0.4 is 0 Å². The maximum Gasteiger partial charge on any atom is 0.108 e. The smallest absolute Gasteiger partial charge is 0.108 e. The number of thiazole rings is 1. The van der Waals surface area contributed by atoms with Gasteiger partial charge >= 0.3 is 0 Å². The second-order valence-electron chi connectivity index (χ2n) is 2.91. The van der Waals surface area contributed by atoms with Gasteiger partial charge in [-0.25, -0.2) is 4.98 Å². The summed E-state index contributed by atoms with van der Waals surface area (Å²) in [6.07, 6.45) is 1.70. The quantitative estimate of drug-likeness (QED) is 0.852. The first-order valence-electron chi connectivity index (χ1n) is 3.74. The van der Waals surface area contributed by atoms with Gasteiger partial charge in [0, 0.05) is 13.1 Å². The topological polar surface area (TPSA) is 36.4 Å². The Bertz CT molecular complexity index is 272. The number of halogens is 1. The summed E-state index contributed by atoms with van der Waals surface area (Å²) < 4.78 is 1.07. The Labute approximate surface area is 83.2 Å². The summed E-state index contributed by atoms with van der Waals surface area (Å²) in [6, 6.07) is 0. The number of aliphatic hydroxyl groups is 1. The Morgan fingerprint density at radius 2 is 2.50 bits per heavy atom. The lowest BCUT2D eigenvalue weighted by Gasteiger charge is -2.34. The monoisotopic (exact) mass is 248 g/mol. The van der Waals surface area contributed by atoms with Crippen molar-refractivity contribution in [1.29, 1.82) is 0 Å². The predicted octanol–water partition coefficient (Wildman–Crippen LogP) is 1.08. The van der Waals surface area contributed by atoms with E-state index in [0.717, 1.165) is 28.4 Å². The van der Waals surface area contributed by atoms with E-state index in [1.165, 1.54) is 0 Å². The van der Waals surface area contributed by atoms with E-state index < -0.39 is 0 Å². The molecule has 0 saturated carbocycles. The van der Waals surface area contributed by atoms with Gasteiger partial charge in [0.05, 0.1) is 22.6 Å². The molecule has 2 heterocycles. The van der Waals surface area contributed by atoms with Crippen LogP contribution in [0.1, 0.15) is 5.01 Å². The van der Waals surface area contributed by atoms with Gasteiger partial charge in [-0.2, -0.15) is 0 Å². The van der Waals surface area contributed by atoms with Crippen molar-refractivity contribution in [2.75, 3.05) is 13.1 Å². The van der Waals surface area contributed by atoms with E-state index >= 15 is 0 Å². The molecule has 5 heteroatoms. The van der Waals surface area contributed by atoms with E-state index in [4.69, 9.17) is 5.11 Å². The summed E-state index contributed by atoms with van der Waals surface area (Å²) in [4.78, 5) is 6.39. The average molecular weight is 249 g/mol. The molecular formula is C7H9BrN2OS. The maximum atomic E-state index is 9.03. The predicted molar refractivity (Wildman–Crippen MR) is 51.1 cm³/mol. The van der Waals surface area contributed by atoms with Gasteiger partial charge < -0.3 is 5.11 Å². The van der Waals surface area contributed by atoms with Gasteiger partial charge in [-0.3, -0.25) is 4.90 Å². The summed E-state index contributed by atoms with van der Waals surface area (Å²) >= 11 is 5.01. The average Bonchev–Trinajstić information content (AvgIpc) is 2.33. The Hall–Kier alpha value is 0.0300. The van der Waals surface area contributed by atoms with Crippen molar-refractivity contribution < 1.29 is 5.11 Å². The largest absolute Gasteiger partial charge is 0.390 e. The lowest BCUT2D eigenvalue weighted by Crippen LogP contribution is -2.49. The van der Waals surface area contributed by atoms with Gasteiger partial charge in [-0.1, -0.05) is 0 Å². The third kappa shape index (κ3) is 1.85. The third-order valence-corrected chi connectivity index (χ3v) is 3.28. The highest BCUT2D eigenvalue weighted by atomic mass is 79.9. The van der Waals surface area contributed by atoms with Crippen LogP contribution in [0.5, 0.6) is 0 Å². The summed E-state index contributed by atoms with van der Waals surface area (Å²) in [5.41, 5.74) is 0. The molecule has 0 radical (unpaired) electrons. The van der Waals surface area contributed by atoms with E-state index in [1.807, 2.05) is 6.20 Å². The molecule has 1 fully saturated rings. The number of hydrogen-bond acceptors (Lipinski definition) is 4. The van der Waals surface area contributed by atoms with Crippen molar-refractivity contribution >= 4 is 27.3 Å². The van der Waals surface area contributed by atoms with Crippen LogP contribution in [0.25, 0.3) is 0 Å². The molecule has 0 aromatic carbocycles. The number of hydrogen-bond donors (Lipinski definition) is 1. The van der Waals surface area contributed by atoms with Crippen LogP contribution in [-0.4, -0.2) is 34.2 Å². The molecule has 12 heavy (non-hydrogen) atoms. The second-order valence-corrected chi connectivity index (χ2v) is 5.40. The zero-order chi connectivity index (χ0) is 8.55. The zero-order valence-corrected chi connectivity index (χ0v) is 8.81. The van der Waals surface area contributed by atoms with Crippen molar-refractivity contribution in [3.63, 3.8) is 0 Å². The Morgan fingerprint density at radius 1 is 1.75 bits per heavy atom. The Morgan fingerprint density at radius 3 is 3.00 bits per heavy atom. The summed E-state index contributed by atoms with van der Waals surface area (Å²) in [5, 5.41) is 10.1. The number of β-amino-alcohol motifs (C(OH)–C–C–N with tert-alkyl or cyclic N) is 1. The molecule has 0 spiro atoms. The van der Waals surface area contributed by atoms with E-state index in [-0.39, 0.29) is 6.10 Å². The molecule has 0 aliphatic carbocycles. The highest BCUT2D eigenvalue weighted by Crippen LogP contribution is 2.21. The number of aromatic nitrogens is 1. The maximum absolute atomic E-state index is 9.03. The first-order valence-corrected chi connectivity index (χ1v) is 5.35. The zero-order valence-electron chi connectivity index (χ0n) is 6.40. The van der Waals surface area contributed by atoms with Gasteiger partial charge in [0.2, 0.25) is 0 Å². The van der Waals surface area contributed by atoms with Crippen LogP contribution >= 0.6 is 27.3 Å². The molecule has 66 valence electrons. The first-order chi connectivity index (χ1) is 5.74. The van der Waals surface area contributed by atoms with Crippen molar-refractivity contribution in [3.05, 3.63) is 15.0 Å². The summed E-state index contributed by atoms with van der Waals surface area (Å²) in [5.74, 6) is 0. The first kappa shape index (κ1) is 8.62. The fraction of sp³-hybridized carbons (Fsp3) is 0.571. The molecule has 2 rings (SSSR count). The van der Waals surface area contributed by atoms with Crippen molar-refractivity contribution in [1.82, 2.24) is 9.88 Å². The fourth-order valence-electron chi connectivity index (χ4n) is 1.22. The van der Waals surface area contributed by atoms with Crippen molar-refractivity contribution in [2.45, 2.75) is 12.6 Å². The third-order valence-electron chi connectivity index (χ3n) is 1.82. The van der Waals surface area contributed by atoms with Gasteiger partial charge in [-0.05, 0) is 15.9 Å². The Balaban J connectivity index is 1.88. The SMILES string of the molecule is OC1CN(Cc2ncc(Br)s2)C1. The van der Waals surface area contributed by atoms with Crippen LogP contribution in [0.2, 0.25) is 0 Å².